The lowest BCUT2D eigenvalue weighted by Gasteiger charge is -2.14. The summed E-state index contributed by atoms with van der Waals surface area (Å²) in [6.07, 6.45) is 6.89. The van der Waals surface area contributed by atoms with Gasteiger partial charge in [0.05, 0.1) is 0 Å². The van der Waals surface area contributed by atoms with Crippen LogP contribution in [0.15, 0.2) is 60.9 Å². The van der Waals surface area contributed by atoms with Gasteiger partial charge in [-0.3, -0.25) is 9.59 Å². The number of pyridine rings is 1. The number of carbonyl (C=O) groups excluding carboxylic acids is 2. The Labute approximate surface area is 144 Å². The van der Waals surface area contributed by atoms with Crippen LogP contribution in [0.4, 0.5) is 0 Å². The molecule has 0 fully saturated rings. The molecule has 126 valence electrons. The first kappa shape index (κ1) is 16.4. The molecule has 2 amide bonds. The molecule has 0 aliphatic rings. The van der Waals surface area contributed by atoms with Gasteiger partial charge >= 0.3 is 0 Å². The maximum absolute atomic E-state index is 12.1. The molecule has 1 aromatic carbocycles. The smallest absolute Gasteiger partial charge is 0.244 e. The Kier molecular flexibility index (Phi) is 4.89. The zero-order valence-electron chi connectivity index (χ0n) is 13.5. The molecule has 3 aromatic rings. The summed E-state index contributed by atoms with van der Waals surface area (Å²) in [5.74, 6) is -0.945. The van der Waals surface area contributed by atoms with E-state index in [0.717, 1.165) is 22.2 Å². The number of hydrogen-bond acceptors (Lipinski definition) is 3. The van der Waals surface area contributed by atoms with Gasteiger partial charge in [-0.25, -0.2) is 4.98 Å². The Morgan fingerprint density at radius 1 is 1.20 bits per heavy atom. The molecule has 25 heavy (non-hydrogen) atoms. The predicted molar refractivity (Wildman–Crippen MR) is 96.4 cm³/mol. The van der Waals surface area contributed by atoms with Crippen LogP contribution in [0.1, 0.15) is 11.1 Å². The van der Waals surface area contributed by atoms with Crippen LogP contribution < -0.4 is 11.1 Å². The van der Waals surface area contributed by atoms with Crippen LogP contribution in [-0.2, 0) is 16.0 Å². The largest absolute Gasteiger partial charge is 0.368 e. The van der Waals surface area contributed by atoms with Gasteiger partial charge in [0.25, 0.3) is 0 Å². The lowest BCUT2D eigenvalue weighted by molar-refractivity contribution is -0.124. The second-order valence-corrected chi connectivity index (χ2v) is 5.63. The highest BCUT2D eigenvalue weighted by atomic mass is 16.2. The Balaban J connectivity index is 1.68. The van der Waals surface area contributed by atoms with Crippen molar-refractivity contribution < 1.29 is 9.59 Å². The third-order valence-corrected chi connectivity index (χ3v) is 3.84. The van der Waals surface area contributed by atoms with Gasteiger partial charge in [-0.2, -0.15) is 0 Å². The van der Waals surface area contributed by atoms with Crippen LogP contribution in [0, 0.1) is 0 Å². The van der Waals surface area contributed by atoms with E-state index in [0.29, 0.717) is 6.42 Å². The van der Waals surface area contributed by atoms with Crippen molar-refractivity contribution in [1.82, 2.24) is 15.3 Å². The Morgan fingerprint density at radius 3 is 2.76 bits per heavy atom. The van der Waals surface area contributed by atoms with Crippen molar-refractivity contribution in [1.29, 1.82) is 0 Å². The van der Waals surface area contributed by atoms with Crippen molar-refractivity contribution >= 4 is 28.9 Å². The summed E-state index contributed by atoms with van der Waals surface area (Å²) in [6, 6.07) is 12.4. The van der Waals surface area contributed by atoms with Crippen molar-refractivity contribution in [2.24, 2.45) is 5.73 Å². The lowest BCUT2D eigenvalue weighted by Crippen LogP contribution is -2.45. The van der Waals surface area contributed by atoms with Crippen LogP contribution in [0.3, 0.4) is 0 Å². The third kappa shape index (κ3) is 4.11. The number of primary amides is 1. The minimum absolute atomic E-state index is 0.354. The molecule has 3 rings (SSSR count). The molecule has 0 aliphatic heterocycles. The SMILES string of the molecule is NC(=O)[C@H](Cc1ccccc1)NC(=O)/C=C/c1c[nH]c2ncccc12. The Bertz CT molecular complexity index is 915. The van der Waals surface area contributed by atoms with Gasteiger partial charge in [0.2, 0.25) is 11.8 Å². The molecule has 0 spiro atoms. The van der Waals surface area contributed by atoms with E-state index in [1.807, 2.05) is 42.5 Å². The molecule has 0 bridgehead atoms. The highest BCUT2D eigenvalue weighted by Gasteiger charge is 2.17. The van der Waals surface area contributed by atoms with E-state index < -0.39 is 11.9 Å². The summed E-state index contributed by atoms with van der Waals surface area (Å²) >= 11 is 0. The van der Waals surface area contributed by atoms with Gasteiger partial charge in [0.1, 0.15) is 11.7 Å². The van der Waals surface area contributed by atoms with Gasteiger partial charge < -0.3 is 16.0 Å². The molecule has 0 unspecified atom stereocenters. The van der Waals surface area contributed by atoms with Crippen molar-refractivity contribution in [2.45, 2.75) is 12.5 Å². The highest BCUT2D eigenvalue weighted by molar-refractivity contribution is 5.97. The number of aromatic amines is 1. The van der Waals surface area contributed by atoms with Crippen LogP contribution in [-0.4, -0.2) is 27.8 Å². The van der Waals surface area contributed by atoms with Gasteiger partial charge in [-0.1, -0.05) is 30.3 Å². The zero-order chi connectivity index (χ0) is 17.6. The van der Waals surface area contributed by atoms with Crippen LogP contribution in [0.5, 0.6) is 0 Å². The average molecular weight is 334 g/mol. The quantitative estimate of drug-likeness (QED) is 0.599. The van der Waals surface area contributed by atoms with Gasteiger partial charge in [0, 0.05) is 35.8 Å². The second kappa shape index (κ2) is 7.44. The van der Waals surface area contributed by atoms with Crippen LogP contribution in [0.25, 0.3) is 17.1 Å². The van der Waals surface area contributed by atoms with E-state index >= 15 is 0 Å². The number of aromatic nitrogens is 2. The van der Waals surface area contributed by atoms with E-state index in [1.165, 1.54) is 6.08 Å². The van der Waals surface area contributed by atoms with Gasteiger partial charge in [0.15, 0.2) is 0 Å². The van der Waals surface area contributed by atoms with Crippen molar-refractivity contribution in [3.05, 3.63) is 72.1 Å². The van der Waals surface area contributed by atoms with E-state index in [2.05, 4.69) is 15.3 Å². The summed E-state index contributed by atoms with van der Waals surface area (Å²) in [5, 5.41) is 3.57. The zero-order valence-corrected chi connectivity index (χ0v) is 13.5. The summed E-state index contributed by atoms with van der Waals surface area (Å²) < 4.78 is 0. The highest BCUT2D eigenvalue weighted by Crippen LogP contribution is 2.16. The molecule has 1 atom stereocenters. The number of nitrogens with zero attached hydrogens (tertiary/aromatic N) is 1. The maximum atomic E-state index is 12.1. The number of nitrogens with two attached hydrogens (primary N) is 1. The fourth-order valence-corrected chi connectivity index (χ4v) is 2.57. The third-order valence-electron chi connectivity index (χ3n) is 3.84. The van der Waals surface area contributed by atoms with E-state index in [-0.39, 0.29) is 5.91 Å². The number of nitrogens with one attached hydrogen (secondary N) is 2. The molecule has 0 radical (unpaired) electrons. The first-order chi connectivity index (χ1) is 12.1. The van der Waals surface area contributed by atoms with E-state index in [4.69, 9.17) is 5.73 Å². The molecule has 4 N–H and O–H groups in total. The number of carbonyl (C=O) groups is 2. The second-order valence-electron chi connectivity index (χ2n) is 5.63. The van der Waals surface area contributed by atoms with Crippen LogP contribution in [0.2, 0.25) is 0 Å². The minimum Gasteiger partial charge on any atom is -0.368 e. The fraction of sp³-hybridized carbons (Fsp3) is 0.105. The topological polar surface area (TPSA) is 101 Å². The number of benzene rings is 1. The number of amides is 2. The molecule has 2 aromatic heterocycles. The number of H-pyrrole nitrogens is 1. The number of fused-ring (bicyclic) bond motifs is 1. The van der Waals surface area contributed by atoms with E-state index in [9.17, 15) is 9.59 Å². The van der Waals surface area contributed by atoms with E-state index in [1.54, 1.807) is 18.5 Å². The molecule has 6 nitrogen and oxygen atoms in total. The average Bonchev–Trinajstić information content (AvgIpc) is 3.03. The molecule has 0 saturated carbocycles. The molecule has 0 aliphatic carbocycles. The summed E-state index contributed by atoms with van der Waals surface area (Å²) in [7, 11) is 0. The van der Waals surface area contributed by atoms with Crippen molar-refractivity contribution in [3.63, 3.8) is 0 Å². The molecular weight excluding hydrogens is 316 g/mol. The van der Waals surface area contributed by atoms with Crippen molar-refractivity contribution in [3.8, 4) is 0 Å². The van der Waals surface area contributed by atoms with Gasteiger partial charge in [-0.05, 0) is 23.8 Å². The fourth-order valence-electron chi connectivity index (χ4n) is 2.57. The molecule has 6 heteroatoms. The van der Waals surface area contributed by atoms with Crippen molar-refractivity contribution in [2.75, 3.05) is 0 Å². The first-order valence-electron chi connectivity index (χ1n) is 7.87. The molecular formula is C19H18N4O2. The predicted octanol–water partition coefficient (Wildman–Crippen LogP) is 1.79. The van der Waals surface area contributed by atoms with Crippen LogP contribution >= 0.6 is 0 Å². The Morgan fingerprint density at radius 2 is 2.00 bits per heavy atom. The number of rotatable bonds is 6. The standard InChI is InChI=1S/C19H18N4O2/c20-18(25)16(11-13-5-2-1-3-6-13)23-17(24)9-8-14-12-22-19-15(14)7-4-10-21-19/h1-10,12,16H,11H2,(H2,20,25)(H,21,22)(H,23,24)/b9-8+/t16-/m0/s1. The summed E-state index contributed by atoms with van der Waals surface area (Å²) in [5.41, 5.74) is 7.93. The molecule has 2 heterocycles. The molecule has 0 saturated heterocycles. The Hall–Kier alpha value is -3.41. The van der Waals surface area contributed by atoms with Gasteiger partial charge in [-0.15, -0.1) is 0 Å². The monoisotopic (exact) mass is 334 g/mol. The summed E-state index contributed by atoms with van der Waals surface area (Å²) in [4.78, 5) is 31.0. The number of hydrogen-bond donors (Lipinski definition) is 3. The lowest BCUT2D eigenvalue weighted by atomic mass is 10.1. The maximum Gasteiger partial charge on any atom is 0.244 e. The first-order valence-corrected chi connectivity index (χ1v) is 7.87. The minimum atomic E-state index is -0.760. The summed E-state index contributed by atoms with van der Waals surface area (Å²) in [6.45, 7) is 0. The normalized spacial score (nSPS) is 12.3.